The minimum Gasteiger partial charge on any atom is -0.135 e. The normalized spacial score (nSPS) is 11.9. The highest BCUT2D eigenvalue weighted by Gasteiger charge is 2.19. The number of fused-ring (bicyclic) bond motifs is 9. The van der Waals surface area contributed by atoms with Gasteiger partial charge in [-0.3, -0.25) is 0 Å². The minimum absolute atomic E-state index is 0.190. The van der Waals surface area contributed by atoms with E-state index in [9.17, 15) is 0 Å². The summed E-state index contributed by atoms with van der Waals surface area (Å²) in [6, 6.07) is 74.7. The molecule has 0 spiro atoms. The molecule has 12 rings (SSSR count). The third-order valence-corrected chi connectivity index (χ3v) is 15.8. The van der Waals surface area contributed by atoms with Crippen molar-refractivity contribution in [3.05, 3.63) is 217 Å². The summed E-state index contributed by atoms with van der Waals surface area (Å²) in [7, 11) is 0. The fourth-order valence-electron chi connectivity index (χ4n) is 9.20. The molecule has 0 nitrogen and oxygen atoms in total. The summed E-state index contributed by atoms with van der Waals surface area (Å²) in [6.07, 6.45) is 0.907. The zero-order valence-corrected chi connectivity index (χ0v) is 34.5. The quantitative estimate of drug-likeness (QED) is 0.151. The Morgan fingerprint density at radius 3 is 0.983 bits per heavy atom. The second-order valence-corrected chi connectivity index (χ2v) is 18.7. The molecule has 9 aromatic carbocycles. The zero-order valence-electron chi connectivity index (χ0n) is 32.1. The molecule has 0 aliphatic carbocycles. The Kier molecular flexibility index (Phi) is 8.33. The lowest BCUT2D eigenvalue weighted by Gasteiger charge is -2.20. The van der Waals surface area contributed by atoms with Crippen LogP contribution in [0.25, 0.3) is 93.9 Å². The Morgan fingerprint density at radius 2 is 0.610 bits per heavy atom. The topological polar surface area (TPSA) is 0 Å². The molecule has 3 aromatic heterocycles. The number of benzene rings is 9. The van der Waals surface area contributed by atoms with E-state index in [0.29, 0.717) is 0 Å². The van der Waals surface area contributed by atoms with Crippen molar-refractivity contribution in [2.24, 2.45) is 0 Å². The summed E-state index contributed by atoms with van der Waals surface area (Å²) in [5.41, 5.74) is 11.7. The van der Waals surface area contributed by atoms with Crippen LogP contribution in [0.5, 0.6) is 0 Å². The molecule has 0 saturated heterocycles. The lowest BCUT2D eigenvalue weighted by atomic mass is 9.84. The summed E-state index contributed by atoms with van der Waals surface area (Å²) in [5.74, 6) is 0.190. The van der Waals surface area contributed by atoms with Crippen molar-refractivity contribution < 1.29 is 0 Å². The van der Waals surface area contributed by atoms with Gasteiger partial charge in [-0.1, -0.05) is 182 Å². The van der Waals surface area contributed by atoms with Crippen molar-refractivity contribution in [2.45, 2.75) is 12.3 Å². The number of hydrogen-bond donors (Lipinski definition) is 0. The maximum Gasteiger partial charge on any atom is 0.0433 e. The summed E-state index contributed by atoms with van der Waals surface area (Å²) in [4.78, 5) is 0. The first-order valence-corrected chi connectivity index (χ1v) is 22.7. The number of thiophene rings is 3. The summed E-state index contributed by atoms with van der Waals surface area (Å²) >= 11 is 5.69. The summed E-state index contributed by atoms with van der Waals surface area (Å²) in [5, 5.41) is 8.03. The van der Waals surface area contributed by atoms with E-state index in [-0.39, 0.29) is 5.92 Å². The number of hydrogen-bond acceptors (Lipinski definition) is 3. The van der Waals surface area contributed by atoms with Gasteiger partial charge in [0.05, 0.1) is 0 Å². The fraction of sp³-hybridized carbons (Fsp3) is 0.0357. The van der Waals surface area contributed by atoms with Crippen molar-refractivity contribution in [3.63, 3.8) is 0 Å². The van der Waals surface area contributed by atoms with E-state index in [1.54, 1.807) is 0 Å². The van der Waals surface area contributed by atoms with Crippen molar-refractivity contribution in [1.82, 2.24) is 0 Å². The van der Waals surface area contributed by atoms with Crippen molar-refractivity contribution in [1.29, 1.82) is 0 Å². The van der Waals surface area contributed by atoms with E-state index in [4.69, 9.17) is 0 Å². The molecule has 0 aliphatic heterocycles. The number of rotatable bonds is 7. The van der Waals surface area contributed by atoms with Crippen LogP contribution >= 0.6 is 34.0 Å². The first-order chi connectivity index (χ1) is 29.2. The van der Waals surface area contributed by atoms with Gasteiger partial charge in [-0.05, 0) is 74.7 Å². The maximum absolute atomic E-state index is 2.37. The Bertz CT molecular complexity index is 3350. The molecule has 0 unspecified atom stereocenters. The lowest BCUT2D eigenvalue weighted by molar-refractivity contribution is 0.805. The smallest absolute Gasteiger partial charge is 0.0433 e. The molecule has 278 valence electrons. The van der Waals surface area contributed by atoms with Crippen molar-refractivity contribution >= 4 is 94.5 Å². The van der Waals surface area contributed by atoms with E-state index >= 15 is 0 Å². The Hall–Kier alpha value is -6.36. The van der Waals surface area contributed by atoms with Gasteiger partial charge in [0.25, 0.3) is 0 Å². The van der Waals surface area contributed by atoms with E-state index in [1.165, 1.54) is 111 Å². The second kappa shape index (κ2) is 14.2. The molecule has 12 aromatic rings. The lowest BCUT2D eigenvalue weighted by Crippen LogP contribution is -2.05. The maximum atomic E-state index is 2.37. The molecular formula is C56H36S3. The largest absolute Gasteiger partial charge is 0.135 e. The van der Waals surface area contributed by atoms with Crippen molar-refractivity contribution in [3.8, 4) is 33.4 Å². The zero-order chi connectivity index (χ0) is 38.9. The van der Waals surface area contributed by atoms with Crippen molar-refractivity contribution in [2.75, 3.05) is 0 Å². The van der Waals surface area contributed by atoms with Gasteiger partial charge >= 0.3 is 0 Å². The molecule has 0 radical (unpaired) electrons. The molecule has 3 heterocycles. The molecule has 0 bridgehead atoms. The molecule has 0 amide bonds. The van der Waals surface area contributed by atoms with Gasteiger partial charge in [0.15, 0.2) is 0 Å². The third-order valence-electron chi connectivity index (χ3n) is 12.2. The standard InChI is InChI=1S/C56H36S3/c1-4-19-51-44(10-1)47-16-7-13-41(54(47)57-51)36-24-22-35(23-25-36)34-50(39-30-26-37(27-31-39)42-14-8-17-48-45-11-2-5-20-52(45)58-55(42)48)40-32-28-38(29-33-40)43-15-9-18-49-46-12-3-6-21-53(46)59-56(43)49/h1-33,50H,34H2. The molecule has 0 atom stereocenters. The average Bonchev–Trinajstić information content (AvgIpc) is 4.00. The van der Waals surface area contributed by atoms with E-state index in [0.717, 1.165) is 6.42 Å². The van der Waals surface area contributed by atoms with Gasteiger partial charge in [-0.2, -0.15) is 0 Å². The summed E-state index contributed by atoms with van der Waals surface area (Å²) < 4.78 is 8.09. The van der Waals surface area contributed by atoms with E-state index in [2.05, 4.69) is 200 Å². The molecule has 0 saturated carbocycles. The van der Waals surface area contributed by atoms with Crippen LogP contribution in [0.4, 0.5) is 0 Å². The molecule has 3 heteroatoms. The van der Waals surface area contributed by atoms with Gasteiger partial charge < -0.3 is 0 Å². The molecule has 0 aliphatic rings. The van der Waals surface area contributed by atoms with Gasteiger partial charge in [-0.15, -0.1) is 34.0 Å². The predicted octanol–water partition coefficient (Wildman–Crippen LogP) is 17.2. The summed E-state index contributed by atoms with van der Waals surface area (Å²) in [6.45, 7) is 0. The van der Waals surface area contributed by atoms with Crippen LogP contribution in [0.15, 0.2) is 200 Å². The highest BCUT2D eigenvalue weighted by Crippen LogP contribution is 2.43. The molecule has 59 heavy (non-hydrogen) atoms. The van der Waals surface area contributed by atoms with Crippen LogP contribution in [-0.4, -0.2) is 0 Å². The first-order valence-electron chi connectivity index (χ1n) is 20.2. The van der Waals surface area contributed by atoms with Crippen LogP contribution in [0.3, 0.4) is 0 Å². The van der Waals surface area contributed by atoms with Gasteiger partial charge in [0.1, 0.15) is 0 Å². The average molecular weight is 805 g/mol. The first kappa shape index (κ1) is 34.7. The molecular weight excluding hydrogens is 769 g/mol. The fourth-order valence-corrected chi connectivity index (χ4v) is 12.9. The van der Waals surface area contributed by atoms with Crippen LogP contribution in [0.1, 0.15) is 22.6 Å². The van der Waals surface area contributed by atoms with E-state index < -0.39 is 0 Å². The van der Waals surface area contributed by atoms with E-state index in [1.807, 2.05) is 34.0 Å². The van der Waals surface area contributed by atoms with Crippen LogP contribution in [-0.2, 0) is 6.42 Å². The van der Waals surface area contributed by atoms with Crippen LogP contribution in [0, 0.1) is 0 Å². The van der Waals surface area contributed by atoms with Crippen LogP contribution < -0.4 is 0 Å². The third kappa shape index (κ3) is 5.92. The Morgan fingerprint density at radius 1 is 0.288 bits per heavy atom. The Labute approximate surface area is 354 Å². The molecule has 0 fully saturated rings. The highest BCUT2D eigenvalue weighted by atomic mass is 32.1. The predicted molar refractivity (Wildman–Crippen MR) is 260 cm³/mol. The molecule has 0 N–H and O–H groups in total. The second-order valence-electron chi connectivity index (χ2n) is 15.5. The Balaban J connectivity index is 0.918. The highest BCUT2D eigenvalue weighted by molar-refractivity contribution is 7.27. The van der Waals surface area contributed by atoms with Crippen LogP contribution in [0.2, 0.25) is 0 Å². The van der Waals surface area contributed by atoms with Gasteiger partial charge in [-0.25, -0.2) is 0 Å². The monoisotopic (exact) mass is 804 g/mol. The minimum atomic E-state index is 0.190. The van der Waals surface area contributed by atoms with Gasteiger partial charge in [0.2, 0.25) is 0 Å². The SMILES string of the molecule is c1ccc2c(c1)sc1c(-c3ccc(CC(c4ccc(-c5cccc6c5sc5ccccc56)cc4)c4ccc(-c5cccc6c5sc5ccccc56)cc4)cc3)cccc12. The van der Waals surface area contributed by atoms with Gasteiger partial charge in [0, 0.05) is 66.4 Å².